The lowest BCUT2D eigenvalue weighted by atomic mass is 10.0. The average molecular weight is 238 g/mol. The van der Waals surface area contributed by atoms with Gasteiger partial charge in [0.1, 0.15) is 0 Å². The second-order valence-corrected chi connectivity index (χ2v) is 6.97. The molecule has 3 heteroatoms. The van der Waals surface area contributed by atoms with Crippen molar-refractivity contribution in [3.05, 3.63) is 0 Å². The van der Waals surface area contributed by atoms with Gasteiger partial charge in [-0.05, 0) is 43.4 Å². The summed E-state index contributed by atoms with van der Waals surface area (Å²) in [6, 6.07) is 0. The number of hydrogen-bond donors (Lipinski definition) is 1. The van der Waals surface area contributed by atoms with Crippen molar-refractivity contribution in [1.29, 1.82) is 0 Å². The molecule has 0 bridgehead atoms. The van der Waals surface area contributed by atoms with Gasteiger partial charge in [0.05, 0.1) is 6.54 Å². The topological polar surface area (TPSA) is 24.4 Å². The maximum atomic E-state index is 4.64. The molecule has 0 aromatic heterocycles. The first-order valence-corrected chi connectivity index (χ1v) is 7.64. The molecule has 3 aliphatic rings. The zero-order valence-corrected chi connectivity index (χ0v) is 11.0. The van der Waals surface area contributed by atoms with Gasteiger partial charge in [-0.2, -0.15) is 0 Å². The normalized spacial score (nSPS) is 31.3. The molecule has 2 fully saturated rings. The third-order valence-corrected chi connectivity index (χ3v) is 5.51. The number of amidine groups is 1. The first-order chi connectivity index (χ1) is 7.81. The molecule has 0 spiro atoms. The summed E-state index contributed by atoms with van der Waals surface area (Å²) in [5, 5.41) is 5.64. The number of rotatable bonds is 5. The van der Waals surface area contributed by atoms with Crippen LogP contribution in [0.25, 0.3) is 0 Å². The van der Waals surface area contributed by atoms with Gasteiger partial charge in [0, 0.05) is 11.8 Å². The molecule has 2 saturated carbocycles. The smallest absolute Gasteiger partial charge is 0.156 e. The Balaban J connectivity index is 1.42. The standard InChI is InChI=1S/C13H22N2S/c1-2-5-13(6-7-13)9-15-12-14-8-11(16-12)10-3-4-10/h10-11H,2-9H2,1H3,(H,14,15). The molecule has 2 nitrogen and oxygen atoms in total. The van der Waals surface area contributed by atoms with Crippen molar-refractivity contribution in [2.24, 2.45) is 16.3 Å². The molecule has 90 valence electrons. The van der Waals surface area contributed by atoms with Gasteiger partial charge in [0.15, 0.2) is 5.17 Å². The Morgan fingerprint density at radius 3 is 2.88 bits per heavy atom. The monoisotopic (exact) mass is 238 g/mol. The van der Waals surface area contributed by atoms with Crippen LogP contribution in [-0.4, -0.2) is 23.5 Å². The Bertz CT molecular complexity index is 292. The maximum absolute atomic E-state index is 4.64. The van der Waals surface area contributed by atoms with Crippen molar-refractivity contribution in [3.8, 4) is 0 Å². The molecule has 1 N–H and O–H groups in total. The van der Waals surface area contributed by atoms with Crippen molar-refractivity contribution < 1.29 is 0 Å². The van der Waals surface area contributed by atoms with E-state index in [-0.39, 0.29) is 0 Å². The molecule has 0 radical (unpaired) electrons. The number of nitrogens with zero attached hydrogens (tertiary/aromatic N) is 1. The molecule has 2 aliphatic carbocycles. The Morgan fingerprint density at radius 1 is 1.44 bits per heavy atom. The summed E-state index contributed by atoms with van der Waals surface area (Å²) < 4.78 is 0. The summed E-state index contributed by atoms with van der Waals surface area (Å²) in [5.74, 6) is 0.985. The van der Waals surface area contributed by atoms with Gasteiger partial charge in [-0.3, -0.25) is 4.99 Å². The zero-order chi connectivity index (χ0) is 11.0. The number of thioether (sulfide) groups is 1. The highest BCUT2D eigenvalue weighted by Gasteiger charge is 2.42. The van der Waals surface area contributed by atoms with Gasteiger partial charge in [-0.1, -0.05) is 25.1 Å². The first-order valence-electron chi connectivity index (χ1n) is 6.76. The molecule has 0 aromatic carbocycles. The Hall–Kier alpha value is -0.180. The van der Waals surface area contributed by atoms with Gasteiger partial charge in [-0.25, -0.2) is 0 Å². The van der Waals surface area contributed by atoms with Crippen molar-refractivity contribution >= 4 is 16.9 Å². The van der Waals surface area contributed by atoms with Crippen LogP contribution in [0.5, 0.6) is 0 Å². The van der Waals surface area contributed by atoms with Crippen LogP contribution in [0.2, 0.25) is 0 Å². The highest BCUT2D eigenvalue weighted by molar-refractivity contribution is 8.14. The Morgan fingerprint density at radius 2 is 2.25 bits per heavy atom. The zero-order valence-electron chi connectivity index (χ0n) is 10.2. The van der Waals surface area contributed by atoms with Crippen LogP contribution < -0.4 is 5.32 Å². The summed E-state index contributed by atoms with van der Waals surface area (Å²) >= 11 is 2.01. The van der Waals surface area contributed by atoms with Gasteiger partial charge in [0.25, 0.3) is 0 Å². The summed E-state index contributed by atoms with van der Waals surface area (Å²) in [4.78, 5) is 4.64. The quantitative estimate of drug-likeness (QED) is 0.796. The van der Waals surface area contributed by atoms with Crippen LogP contribution in [0, 0.1) is 11.3 Å². The molecule has 0 saturated heterocycles. The van der Waals surface area contributed by atoms with Gasteiger partial charge < -0.3 is 5.32 Å². The molecule has 0 amide bonds. The fourth-order valence-electron chi connectivity index (χ4n) is 2.69. The molecule has 16 heavy (non-hydrogen) atoms. The molecule has 3 rings (SSSR count). The van der Waals surface area contributed by atoms with Crippen LogP contribution >= 0.6 is 11.8 Å². The fraction of sp³-hybridized carbons (Fsp3) is 0.923. The molecule has 0 aromatic rings. The number of nitrogens with one attached hydrogen (secondary N) is 1. The molecule has 1 aliphatic heterocycles. The van der Waals surface area contributed by atoms with Crippen molar-refractivity contribution in [1.82, 2.24) is 5.32 Å². The van der Waals surface area contributed by atoms with Crippen LogP contribution in [-0.2, 0) is 0 Å². The van der Waals surface area contributed by atoms with E-state index in [0.29, 0.717) is 5.41 Å². The van der Waals surface area contributed by atoms with E-state index in [1.165, 1.54) is 50.2 Å². The SMILES string of the molecule is CCCC1(CNC2=NCC(C3CC3)S2)CC1. The van der Waals surface area contributed by atoms with Crippen LogP contribution in [0.15, 0.2) is 4.99 Å². The highest BCUT2D eigenvalue weighted by atomic mass is 32.2. The van der Waals surface area contributed by atoms with Crippen molar-refractivity contribution in [2.45, 2.75) is 50.7 Å². The minimum Gasteiger partial charge on any atom is -0.364 e. The predicted octanol–water partition coefficient (Wildman–Crippen LogP) is 3.04. The summed E-state index contributed by atoms with van der Waals surface area (Å²) in [5.41, 5.74) is 0.648. The molecular weight excluding hydrogens is 216 g/mol. The van der Waals surface area contributed by atoms with E-state index >= 15 is 0 Å². The lowest BCUT2D eigenvalue weighted by Crippen LogP contribution is -2.27. The van der Waals surface area contributed by atoms with E-state index in [0.717, 1.165) is 17.7 Å². The van der Waals surface area contributed by atoms with Crippen LogP contribution in [0.4, 0.5) is 0 Å². The van der Waals surface area contributed by atoms with E-state index in [2.05, 4.69) is 17.2 Å². The minimum atomic E-state index is 0.648. The Labute approximate surface area is 103 Å². The van der Waals surface area contributed by atoms with Crippen LogP contribution in [0.3, 0.4) is 0 Å². The van der Waals surface area contributed by atoms with Gasteiger partial charge in [-0.15, -0.1) is 0 Å². The largest absolute Gasteiger partial charge is 0.364 e. The average Bonchev–Trinajstić information content (AvgIpc) is 3.20. The van der Waals surface area contributed by atoms with Gasteiger partial charge in [0.2, 0.25) is 0 Å². The summed E-state index contributed by atoms with van der Waals surface area (Å²) in [6.07, 6.45) is 8.46. The van der Waals surface area contributed by atoms with Gasteiger partial charge >= 0.3 is 0 Å². The fourth-order valence-corrected chi connectivity index (χ4v) is 3.89. The van der Waals surface area contributed by atoms with Crippen molar-refractivity contribution in [3.63, 3.8) is 0 Å². The Kier molecular flexibility index (Phi) is 2.90. The molecule has 1 heterocycles. The van der Waals surface area contributed by atoms with Crippen molar-refractivity contribution in [2.75, 3.05) is 13.1 Å². The van der Waals surface area contributed by atoms with E-state index < -0.39 is 0 Å². The van der Waals surface area contributed by atoms with E-state index in [1.807, 2.05) is 11.8 Å². The molecule has 1 atom stereocenters. The lowest BCUT2D eigenvalue weighted by molar-refractivity contribution is 0.454. The minimum absolute atomic E-state index is 0.648. The number of aliphatic imine (C=N–C) groups is 1. The molecular formula is C13H22N2S. The second kappa shape index (κ2) is 4.25. The third-order valence-electron chi connectivity index (χ3n) is 4.18. The summed E-state index contributed by atoms with van der Waals surface area (Å²) in [6.45, 7) is 4.54. The second-order valence-electron chi connectivity index (χ2n) is 5.74. The first kappa shape index (κ1) is 10.9. The maximum Gasteiger partial charge on any atom is 0.156 e. The third kappa shape index (κ3) is 2.39. The number of hydrogen-bond acceptors (Lipinski definition) is 3. The van der Waals surface area contributed by atoms with Crippen LogP contribution in [0.1, 0.15) is 45.4 Å². The lowest BCUT2D eigenvalue weighted by Gasteiger charge is -2.15. The van der Waals surface area contributed by atoms with E-state index in [9.17, 15) is 0 Å². The van der Waals surface area contributed by atoms with E-state index in [4.69, 9.17) is 0 Å². The highest BCUT2D eigenvalue weighted by Crippen LogP contribution is 2.49. The predicted molar refractivity (Wildman–Crippen MR) is 71.0 cm³/mol. The van der Waals surface area contributed by atoms with E-state index in [1.54, 1.807) is 0 Å². The molecule has 1 unspecified atom stereocenters. The summed E-state index contributed by atoms with van der Waals surface area (Å²) in [7, 11) is 0.